The van der Waals surface area contributed by atoms with Gasteiger partial charge >= 0.3 is 0 Å². The van der Waals surface area contributed by atoms with Crippen molar-refractivity contribution >= 4 is 17.3 Å². The first-order valence-corrected chi connectivity index (χ1v) is 7.44. The molecule has 5 heteroatoms. The highest BCUT2D eigenvalue weighted by atomic mass is 35.5. The number of hydrogen-bond acceptors (Lipinski definition) is 3. The van der Waals surface area contributed by atoms with Crippen molar-refractivity contribution in [1.82, 2.24) is 9.78 Å². The van der Waals surface area contributed by atoms with Crippen LogP contribution in [-0.2, 0) is 6.54 Å². The van der Waals surface area contributed by atoms with Crippen molar-refractivity contribution in [2.45, 2.75) is 59.5 Å². The number of nitrogens with one attached hydrogen (secondary N) is 1. The van der Waals surface area contributed by atoms with Crippen molar-refractivity contribution in [2.24, 2.45) is 5.92 Å². The zero-order valence-corrected chi connectivity index (χ0v) is 13.0. The van der Waals surface area contributed by atoms with Gasteiger partial charge in [0.05, 0.1) is 11.9 Å². The summed E-state index contributed by atoms with van der Waals surface area (Å²) in [7, 11) is 0. The second kappa shape index (κ2) is 7.53. The van der Waals surface area contributed by atoms with Crippen molar-refractivity contribution in [3.05, 3.63) is 21.6 Å². The molecule has 1 heterocycles. The van der Waals surface area contributed by atoms with Crippen molar-refractivity contribution < 1.29 is 0 Å². The molecule has 0 radical (unpaired) electrons. The van der Waals surface area contributed by atoms with E-state index >= 15 is 0 Å². The molecular formula is C14H24ClN3O. The predicted octanol–water partition coefficient (Wildman–Crippen LogP) is 3.54. The van der Waals surface area contributed by atoms with Crippen molar-refractivity contribution in [1.29, 1.82) is 0 Å². The average Bonchev–Trinajstić information content (AvgIpc) is 2.40. The molecule has 1 rings (SSSR count). The van der Waals surface area contributed by atoms with Crippen molar-refractivity contribution in [2.75, 3.05) is 5.32 Å². The lowest BCUT2D eigenvalue weighted by atomic mass is 9.95. The van der Waals surface area contributed by atoms with E-state index in [1.54, 1.807) is 6.20 Å². The molecule has 0 bridgehead atoms. The van der Waals surface area contributed by atoms with Crippen LogP contribution in [0.1, 0.15) is 47.0 Å². The zero-order chi connectivity index (χ0) is 14.4. The standard InChI is InChI=1S/C14H24ClN3O/c1-5-8-18-14(19)13(15)12(9-16-18)17-10(4)11(6-2)7-3/h9-11,17H,5-8H2,1-4H3. The van der Waals surface area contributed by atoms with E-state index in [4.69, 9.17) is 11.6 Å². The Hall–Kier alpha value is -1.03. The molecule has 0 fully saturated rings. The Kier molecular flexibility index (Phi) is 6.35. The van der Waals surface area contributed by atoms with Crippen molar-refractivity contribution in [3.8, 4) is 0 Å². The van der Waals surface area contributed by atoms with Crippen LogP contribution in [0.15, 0.2) is 11.0 Å². The second-order valence-corrected chi connectivity index (χ2v) is 5.29. The SMILES string of the molecule is CCCn1ncc(NC(C)C(CC)CC)c(Cl)c1=O. The van der Waals surface area contributed by atoms with E-state index in [0.717, 1.165) is 19.3 Å². The van der Waals surface area contributed by atoms with E-state index in [2.05, 4.69) is 31.2 Å². The van der Waals surface area contributed by atoms with E-state index in [9.17, 15) is 4.79 Å². The van der Waals surface area contributed by atoms with Gasteiger partial charge in [0.2, 0.25) is 0 Å². The lowest BCUT2D eigenvalue weighted by molar-refractivity contribution is 0.437. The molecule has 108 valence electrons. The molecule has 0 saturated heterocycles. The van der Waals surface area contributed by atoms with Crippen LogP contribution in [0.4, 0.5) is 5.69 Å². The number of hydrogen-bond donors (Lipinski definition) is 1. The lowest BCUT2D eigenvalue weighted by Crippen LogP contribution is -2.29. The molecule has 0 amide bonds. The van der Waals surface area contributed by atoms with Crippen LogP contribution in [0.5, 0.6) is 0 Å². The van der Waals surface area contributed by atoms with Crippen LogP contribution in [0.3, 0.4) is 0 Å². The van der Waals surface area contributed by atoms with Gasteiger partial charge in [-0.25, -0.2) is 4.68 Å². The predicted molar refractivity (Wildman–Crippen MR) is 81.0 cm³/mol. The third-order valence-corrected chi connectivity index (χ3v) is 3.92. The summed E-state index contributed by atoms with van der Waals surface area (Å²) in [5.74, 6) is 0.564. The van der Waals surface area contributed by atoms with Gasteiger partial charge in [0.1, 0.15) is 5.02 Å². The first-order valence-electron chi connectivity index (χ1n) is 7.07. The van der Waals surface area contributed by atoms with Gasteiger partial charge in [-0.3, -0.25) is 4.79 Å². The summed E-state index contributed by atoms with van der Waals surface area (Å²) in [6, 6.07) is 0.274. The summed E-state index contributed by atoms with van der Waals surface area (Å²) in [6.07, 6.45) is 4.71. The molecule has 1 aromatic heterocycles. The van der Waals surface area contributed by atoms with E-state index in [0.29, 0.717) is 18.2 Å². The Labute approximate surface area is 120 Å². The molecule has 1 N–H and O–H groups in total. The molecule has 0 spiro atoms. The molecule has 0 saturated carbocycles. The number of nitrogens with zero attached hydrogens (tertiary/aromatic N) is 2. The smallest absolute Gasteiger partial charge is 0.287 e. The first kappa shape index (κ1) is 16.0. The Morgan fingerprint density at radius 2 is 2.00 bits per heavy atom. The summed E-state index contributed by atoms with van der Waals surface area (Å²) in [5, 5.41) is 7.70. The number of rotatable bonds is 7. The molecular weight excluding hydrogens is 262 g/mol. The summed E-state index contributed by atoms with van der Waals surface area (Å²) < 4.78 is 1.41. The average molecular weight is 286 g/mol. The number of anilines is 1. The summed E-state index contributed by atoms with van der Waals surface area (Å²) in [4.78, 5) is 12.0. The third kappa shape index (κ3) is 3.96. The number of halogens is 1. The molecule has 0 aliphatic heterocycles. The van der Waals surface area contributed by atoms with Crippen LogP contribution in [0.25, 0.3) is 0 Å². The fourth-order valence-electron chi connectivity index (χ4n) is 2.30. The molecule has 1 aromatic rings. The van der Waals surface area contributed by atoms with Crippen molar-refractivity contribution in [3.63, 3.8) is 0 Å². The highest BCUT2D eigenvalue weighted by Gasteiger charge is 2.16. The quantitative estimate of drug-likeness (QED) is 0.833. The van der Waals surface area contributed by atoms with Crippen LogP contribution >= 0.6 is 11.6 Å². The lowest BCUT2D eigenvalue weighted by Gasteiger charge is -2.23. The molecule has 0 aliphatic carbocycles. The molecule has 0 aliphatic rings. The van der Waals surface area contributed by atoms with Gasteiger partial charge in [-0.2, -0.15) is 5.10 Å². The van der Waals surface area contributed by atoms with E-state index in [-0.39, 0.29) is 16.6 Å². The van der Waals surface area contributed by atoms with Gasteiger partial charge < -0.3 is 5.32 Å². The Bertz CT molecular complexity index is 454. The van der Waals surface area contributed by atoms with Crippen LogP contribution in [-0.4, -0.2) is 15.8 Å². The highest BCUT2D eigenvalue weighted by molar-refractivity contribution is 6.32. The maximum absolute atomic E-state index is 12.0. The van der Waals surface area contributed by atoms with E-state index in [1.165, 1.54) is 4.68 Å². The van der Waals surface area contributed by atoms with E-state index < -0.39 is 0 Å². The minimum Gasteiger partial charge on any atom is -0.380 e. The monoisotopic (exact) mass is 285 g/mol. The minimum atomic E-state index is -0.217. The summed E-state index contributed by atoms with van der Waals surface area (Å²) in [6.45, 7) is 9.06. The second-order valence-electron chi connectivity index (χ2n) is 4.91. The fourth-order valence-corrected chi connectivity index (χ4v) is 2.50. The summed E-state index contributed by atoms with van der Waals surface area (Å²) in [5.41, 5.74) is 0.420. The fraction of sp³-hybridized carbons (Fsp3) is 0.714. The molecule has 1 unspecified atom stereocenters. The topological polar surface area (TPSA) is 46.9 Å². The summed E-state index contributed by atoms with van der Waals surface area (Å²) >= 11 is 6.13. The highest BCUT2D eigenvalue weighted by Crippen LogP contribution is 2.21. The van der Waals surface area contributed by atoms with Gasteiger partial charge in [-0.15, -0.1) is 0 Å². The van der Waals surface area contributed by atoms with Gasteiger partial charge in [-0.1, -0.05) is 45.2 Å². The van der Waals surface area contributed by atoms with Gasteiger partial charge in [0, 0.05) is 12.6 Å². The normalized spacial score (nSPS) is 12.7. The number of aromatic nitrogens is 2. The number of aryl methyl sites for hydroxylation is 1. The maximum atomic E-state index is 12.0. The van der Waals surface area contributed by atoms with Gasteiger partial charge in [0.15, 0.2) is 0 Å². The Balaban J connectivity index is 2.91. The van der Waals surface area contributed by atoms with Crippen LogP contribution < -0.4 is 10.9 Å². The van der Waals surface area contributed by atoms with E-state index in [1.807, 2.05) is 6.92 Å². The molecule has 0 aromatic carbocycles. The first-order chi connectivity index (χ1) is 9.04. The van der Waals surface area contributed by atoms with Gasteiger partial charge in [0.25, 0.3) is 5.56 Å². The molecule has 4 nitrogen and oxygen atoms in total. The molecule has 1 atom stereocenters. The zero-order valence-electron chi connectivity index (χ0n) is 12.2. The Morgan fingerprint density at radius 1 is 1.37 bits per heavy atom. The van der Waals surface area contributed by atoms with Gasteiger partial charge in [-0.05, 0) is 19.3 Å². The Morgan fingerprint density at radius 3 is 2.53 bits per heavy atom. The minimum absolute atomic E-state index is 0.217. The van der Waals surface area contributed by atoms with Crippen LogP contribution in [0.2, 0.25) is 5.02 Å². The molecule has 19 heavy (non-hydrogen) atoms. The maximum Gasteiger partial charge on any atom is 0.287 e. The largest absolute Gasteiger partial charge is 0.380 e. The van der Waals surface area contributed by atoms with Crippen LogP contribution in [0, 0.1) is 5.92 Å². The third-order valence-electron chi connectivity index (χ3n) is 3.56.